The van der Waals surface area contributed by atoms with Gasteiger partial charge in [0.1, 0.15) is 11.4 Å². The number of rotatable bonds is 10. The lowest BCUT2D eigenvalue weighted by Crippen LogP contribution is -2.45. The molecule has 1 saturated heterocycles. The highest BCUT2D eigenvalue weighted by Gasteiger charge is 2.26. The number of hydrogen-bond acceptors (Lipinski definition) is 8. The lowest BCUT2D eigenvalue weighted by atomic mass is 9.93. The van der Waals surface area contributed by atoms with E-state index in [0.717, 1.165) is 44.8 Å². The SMILES string of the molecule is CCOc1cc(N)c([N+](=O)[O-])cc1C(=O)NC1CCN(CC2CC=CCC2)CC1.O=C(O)CCC(=O)O. The molecule has 0 radical (unpaired) electrons. The van der Waals surface area contributed by atoms with Crippen LogP contribution in [0.4, 0.5) is 11.4 Å². The molecule has 0 saturated carbocycles. The molecule has 1 heterocycles. The van der Waals surface area contributed by atoms with Crippen LogP contribution in [0.3, 0.4) is 0 Å². The van der Waals surface area contributed by atoms with Gasteiger partial charge in [0.25, 0.3) is 11.6 Å². The number of piperidine rings is 1. The van der Waals surface area contributed by atoms with E-state index in [1.165, 1.54) is 25.0 Å². The van der Waals surface area contributed by atoms with E-state index in [0.29, 0.717) is 6.61 Å². The first-order valence-electron chi connectivity index (χ1n) is 12.4. The van der Waals surface area contributed by atoms with Gasteiger partial charge in [-0.15, -0.1) is 0 Å². The molecule has 0 bridgehead atoms. The summed E-state index contributed by atoms with van der Waals surface area (Å²) in [5.41, 5.74) is 5.60. The number of carboxylic acid groups (broad SMARTS) is 2. The summed E-state index contributed by atoms with van der Waals surface area (Å²) in [5.74, 6) is -1.50. The molecule has 1 aliphatic carbocycles. The van der Waals surface area contributed by atoms with E-state index >= 15 is 0 Å². The van der Waals surface area contributed by atoms with Gasteiger partial charge in [-0.1, -0.05) is 12.2 Å². The summed E-state index contributed by atoms with van der Waals surface area (Å²) in [6, 6.07) is 2.62. The van der Waals surface area contributed by atoms with E-state index in [4.69, 9.17) is 20.7 Å². The van der Waals surface area contributed by atoms with Crippen molar-refractivity contribution in [3.63, 3.8) is 0 Å². The van der Waals surface area contributed by atoms with Crippen LogP contribution in [0.15, 0.2) is 24.3 Å². The second kappa shape index (κ2) is 14.8. The lowest BCUT2D eigenvalue weighted by molar-refractivity contribution is -0.383. The number of nitrogens with zero attached hydrogens (tertiary/aromatic N) is 2. The van der Waals surface area contributed by atoms with E-state index in [-0.39, 0.29) is 47.5 Å². The van der Waals surface area contributed by atoms with Crippen molar-refractivity contribution in [3.8, 4) is 5.75 Å². The highest BCUT2D eigenvalue weighted by Crippen LogP contribution is 2.31. The largest absolute Gasteiger partial charge is 0.493 e. The summed E-state index contributed by atoms with van der Waals surface area (Å²) in [5, 5.41) is 30.0. The van der Waals surface area contributed by atoms with Gasteiger partial charge in [0.15, 0.2) is 0 Å². The minimum atomic E-state index is -1.08. The number of likely N-dealkylation sites (tertiary alicyclic amines) is 1. The number of hydrogen-bond donors (Lipinski definition) is 4. The van der Waals surface area contributed by atoms with E-state index in [1.807, 2.05) is 0 Å². The molecular weight excluding hydrogens is 484 g/mol. The number of allylic oxidation sites excluding steroid dienone is 2. The Hall–Kier alpha value is -3.67. The number of aliphatic carboxylic acids is 2. The van der Waals surface area contributed by atoms with Crippen molar-refractivity contribution in [1.29, 1.82) is 0 Å². The van der Waals surface area contributed by atoms with Crippen LogP contribution in [-0.4, -0.2) is 70.2 Å². The summed E-state index contributed by atoms with van der Waals surface area (Å²) in [6.45, 7) is 5.14. The monoisotopic (exact) mass is 520 g/mol. The fourth-order valence-electron chi connectivity index (χ4n) is 4.32. The Morgan fingerprint density at radius 3 is 2.30 bits per heavy atom. The van der Waals surface area contributed by atoms with Crippen LogP contribution in [0.1, 0.15) is 62.2 Å². The van der Waals surface area contributed by atoms with E-state index < -0.39 is 16.9 Å². The molecule has 1 fully saturated rings. The molecule has 1 unspecified atom stereocenters. The third-order valence-corrected chi connectivity index (χ3v) is 6.24. The molecule has 0 spiro atoms. The van der Waals surface area contributed by atoms with Crippen molar-refractivity contribution in [2.75, 3.05) is 32.0 Å². The molecule has 37 heavy (non-hydrogen) atoms. The smallest absolute Gasteiger partial charge is 0.303 e. The number of carboxylic acids is 2. The quantitative estimate of drug-likeness (QED) is 0.155. The summed E-state index contributed by atoms with van der Waals surface area (Å²) in [6.07, 6.45) is 9.28. The number of carbonyl (C=O) groups is 3. The molecule has 1 aliphatic heterocycles. The molecule has 1 aromatic rings. The fourth-order valence-corrected chi connectivity index (χ4v) is 4.32. The first kappa shape index (κ1) is 29.6. The summed E-state index contributed by atoms with van der Waals surface area (Å²) in [7, 11) is 0. The number of carbonyl (C=O) groups excluding carboxylic acids is 1. The average Bonchev–Trinajstić information content (AvgIpc) is 2.85. The zero-order chi connectivity index (χ0) is 27.4. The predicted octanol–water partition coefficient (Wildman–Crippen LogP) is 3.06. The predicted molar refractivity (Wildman–Crippen MR) is 137 cm³/mol. The molecule has 3 rings (SSSR count). The third kappa shape index (κ3) is 10.1. The molecule has 1 amide bonds. The Labute approximate surface area is 215 Å². The fraction of sp³-hybridized carbons (Fsp3) is 0.560. The van der Waals surface area contributed by atoms with E-state index in [1.54, 1.807) is 6.92 Å². The molecule has 0 aromatic heterocycles. The second-order valence-electron chi connectivity index (χ2n) is 9.08. The minimum absolute atomic E-state index is 0.0131. The van der Waals surface area contributed by atoms with Gasteiger partial charge < -0.3 is 30.9 Å². The molecular formula is C25H36N4O8. The molecule has 2 aliphatic rings. The number of nitrogen functional groups attached to an aromatic ring is 1. The summed E-state index contributed by atoms with van der Waals surface area (Å²) in [4.78, 5) is 45.2. The van der Waals surface area contributed by atoms with Crippen molar-refractivity contribution < 1.29 is 34.3 Å². The van der Waals surface area contributed by atoms with Crippen molar-refractivity contribution in [1.82, 2.24) is 10.2 Å². The van der Waals surface area contributed by atoms with Gasteiger partial charge in [-0.05, 0) is 44.9 Å². The van der Waals surface area contributed by atoms with Crippen LogP contribution < -0.4 is 15.8 Å². The van der Waals surface area contributed by atoms with Crippen LogP contribution in [0, 0.1) is 16.0 Å². The highest BCUT2D eigenvalue weighted by atomic mass is 16.6. The van der Waals surface area contributed by atoms with Crippen molar-refractivity contribution in [3.05, 3.63) is 40.0 Å². The molecule has 12 nitrogen and oxygen atoms in total. The van der Waals surface area contributed by atoms with Gasteiger partial charge in [0.2, 0.25) is 0 Å². The number of benzene rings is 1. The number of nitro groups is 1. The Morgan fingerprint density at radius 1 is 1.14 bits per heavy atom. The maximum atomic E-state index is 12.8. The van der Waals surface area contributed by atoms with E-state index in [2.05, 4.69) is 22.4 Å². The topological polar surface area (TPSA) is 185 Å². The Bertz CT molecular complexity index is 975. The van der Waals surface area contributed by atoms with Crippen LogP contribution in [0.2, 0.25) is 0 Å². The van der Waals surface area contributed by atoms with Gasteiger partial charge in [-0.2, -0.15) is 0 Å². The van der Waals surface area contributed by atoms with Crippen LogP contribution in [-0.2, 0) is 9.59 Å². The standard InChI is InChI=1S/C21H30N4O4.C4H6O4/c1-2-29-20-13-18(22)19(25(27)28)12-17(20)21(26)23-16-8-10-24(11-9-16)14-15-6-4-3-5-7-15;5-3(6)1-2-4(7)8/h3-4,12-13,15-16H,2,5-11,14,22H2,1H3,(H,23,26);1-2H2,(H,5,6)(H,7,8). The molecule has 5 N–H and O–H groups in total. The Balaban J connectivity index is 0.000000521. The first-order valence-corrected chi connectivity index (χ1v) is 12.4. The number of nitrogens with two attached hydrogens (primary N) is 1. The molecule has 204 valence electrons. The van der Waals surface area contributed by atoms with Gasteiger partial charge in [-0.3, -0.25) is 24.5 Å². The number of nitrogens with one attached hydrogen (secondary N) is 1. The number of nitro benzene ring substituents is 1. The number of ether oxygens (including phenoxy) is 1. The van der Waals surface area contributed by atoms with Crippen molar-refractivity contribution in [2.24, 2.45) is 5.92 Å². The summed E-state index contributed by atoms with van der Waals surface area (Å²) < 4.78 is 5.49. The number of anilines is 1. The van der Waals surface area contributed by atoms with Gasteiger partial charge >= 0.3 is 11.9 Å². The lowest BCUT2D eigenvalue weighted by Gasteiger charge is -2.35. The Kier molecular flexibility index (Phi) is 11.8. The van der Waals surface area contributed by atoms with Crippen LogP contribution in [0.5, 0.6) is 5.75 Å². The zero-order valence-electron chi connectivity index (χ0n) is 21.1. The molecule has 1 aromatic carbocycles. The summed E-state index contributed by atoms with van der Waals surface area (Å²) >= 11 is 0. The minimum Gasteiger partial charge on any atom is -0.493 e. The number of amides is 1. The third-order valence-electron chi connectivity index (χ3n) is 6.24. The highest BCUT2D eigenvalue weighted by molar-refractivity contribution is 5.98. The van der Waals surface area contributed by atoms with Crippen molar-refractivity contribution in [2.45, 2.75) is 57.9 Å². The van der Waals surface area contributed by atoms with Gasteiger partial charge in [-0.25, -0.2) is 0 Å². The van der Waals surface area contributed by atoms with Crippen LogP contribution >= 0.6 is 0 Å². The van der Waals surface area contributed by atoms with Crippen LogP contribution in [0.25, 0.3) is 0 Å². The maximum Gasteiger partial charge on any atom is 0.303 e. The zero-order valence-corrected chi connectivity index (χ0v) is 21.1. The second-order valence-corrected chi connectivity index (χ2v) is 9.08. The Morgan fingerprint density at radius 2 is 1.78 bits per heavy atom. The first-order chi connectivity index (χ1) is 17.6. The molecule has 1 atom stereocenters. The maximum absolute atomic E-state index is 12.8. The van der Waals surface area contributed by atoms with Gasteiger partial charge in [0, 0.05) is 37.8 Å². The van der Waals surface area contributed by atoms with Gasteiger partial charge in [0.05, 0.1) is 29.9 Å². The average molecular weight is 521 g/mol. The van der Waals surface area contributed by atoms with E-state index in [9.17, 15) is 24.5 Å². The molecule has 12 heteroatoms. The normalized spacial score (nSPS) is 17.8. The van der Waals surface area contributed by atoms with Crippen molar-refractivity contribution >= 4 is 29.2 Å².